The number of halogens is 1. The number of alkyl halides is 1. The maximum atomic E-state index is 12.6. The van der Waals surface area contributed by atoms with Crippen molar-refractivity contribution in [1.82, 2.24) is 10.4 Å². The lowest BCUT2D eigenvalue weighted by molar-refractivity contribution is -0.143. The van der Waals surface area contributed by atoms with Gasteiger partial charge in [0.15, 0.2) is 0 Å². The van der Waals surface area contributed by atoms with E-state index in [1.54, 1.807) is 0 Å². The number of carbonyl (C=O) groups excluding carboxylic acids is 3. The minimum absolute atomic E-state index is 0.265. The predicted octanol–water partition coefficient (Wildman–Crippen LogP) is 2.22. The van der Waals surface area contributed by atoms with E-state index in [-0.39, 0.29) is 35.5 Å². The molecule has 6 heteroatoms. The number of amides is 3. The largest absolute Gasteiger partial charge is 0.272 e. The molecule has 3 amide bonds. The molecule has 0 aromatic heterocycles. The van der Waals surface area contributed by atoms with Gasteiger partial charge in [0.05, 0.1) is 11.8 Å². The second-order valence-corrected chi connectivity index (χ2v) is 7.01. The smallest absolute Gasteiger partial charge is 0.270 e. The Morgan fingerprint density at radius 2 is 1.50 bits per heavy atom. The van der Waals surface area contributed by atoms with E-state index in [0.717, 1.165) is 30.7 Å². The first-order valence-electron chi connectivity index (χ1n) is 8.44. The number of nitrogens with one attached hydrogen (secondary N) is 1. The fourth-order valence-electron chi connectivity index (χ4n) is 4.59. The zero-order valence-electron chi connectivity index (χ0n) is 13.2. The first-order valence-corrected chi connectivity index (χ1v) is 8.44. The number of rotatable bonds is 3. The lowest BCUT2D eigenvalue weighted by atomic mass is 9.59. The van der Waals surface area contributed by atoms with Crippen molar-refractivity contribution in [2.45, 2.75) is 32.4 Å². The molecule has 1 aliphatic heterocycles. The van der Waals surface area contributed by atoms with E-state index in [4.69, 9.17) is 0 Å². The minimum Gasteiger partial charge on any atom is -0.272 e. The number of nitrogens with zero attached hydrogens (tertiary/aromatic N) is 1. The van der Waals surface area contributed by atoms with Crippen LogP contribution in [0, 0.1) is 23.7 Å². The Labute approximate surface area is 139 Å². The summed E-state index contributed by atoms with van der Waals surface area (Å²) in [7, 11) is 0. The average molecular weight is 330 g/mol. The molecule has 4 fully saturated rings. The molecule has 24 heavy (non-hydrogen) atoms. The van der Waals surface area contributed by atoms with Gasteiger partial charge in [0.25, 0.3) is 17.7 Å². The third-order valence-electron chi connectivity index (χ3n) is 5.81. The quantitative estimate of drug-likeness (QED) is 0.864. The van der Waals surface area contributed by atoms with Crippen molar-refractivity contribution in [1.29, 1.82) is 0 Å². The molecule has 0 unspecified atom stereocenters. The van der Waals surface area contributed by atoms with Crippen molar-refractivity contribution in [2.24, 2.45) is 23.7 Å². The molecule has 3 saturated carbocycles. The molecule has 1 N–H and O–H groups in total. The summed E-state index contributed by atoms with van der Waals surface area (Å²) in [6.45, 7) is -0.600. The zero-order valence-corrected chi connectivity index (χ0v) is 13.2. The summed E-state index contributed by atoms with van der Waals surface area (Å²) in [5.74, 6) is -1.06. The highest BCUT2D eigenvalue weighted by atomic mass is 19.1. The van der Waals surface area contributed by atoms with Gasteiger partial charge >= 0.3 is 0 Å². The summed E-state index contributed by atoms with van der Waals surface area (Å²) < 4.78 is 12.5. The molecule has 1 aromatic carbocycles. The maximum absolute atomic E-state index is 12.6. The van der Waals surface area contributed by atoms with Crippen LogP contribution in [0.1, 0.15) is 41.6 Å². The molecule has 3 aliphatic carbocycles. The van der Waals surface area contributed by atoms with Gasteiger partial charge in [-0.2, -0.15) is 5.01 Å². The molecule has 5 nitrogen and oxygen atoms in total. The topological polar surface area (TPSA) is 66.5 Å². The van der Waals surface area contributed by atoms with Crippen LogP contribution in [0.25, 0.3) is 0 Å². The summed E-state index contributed by atoms with van der Waals surface area (Å²) in [4.78, 5) is 37.6. The molecule has 1 aromatic rings. The van der Waals surface area contributed by atoms with Gasteiger partial charge in [0, 0.05) is 5.56 Å². The lowest BCUT2D eigenvalue weighted by Crippen LogP contribution is -2.46. The van der Waals surface area contributed by atoms with Crippen molar-refractivity contribution >= 4 is 17.7 Å². The molecule has 2 atom stereocenters. The lowest BCUT2D eigenvalue weighted by Gasteiger charge is -2.42. The van der Waals surface area contributed by atoms with E-state index in [0.29, 0.717) is 11.1 Å². The summed E-state index contributed by atoms with van der Waals surface area (Å²) in [5.41, 5.74) is 3.23. The van der Waals surface area contributed by atoms with Crippen molar-refractivity contribution < 1.29 is 18.8 Å². The van der Waals surface area contributed by atoms with Gasteiger partial charge in [0.1, 0.15) is 6.67 Å². The highest BCUT2D eigenvalue weighted by Crippen LogP contribution is 2.52. The Hall–Kier alpha value is -2.24. The van der Waals surface area contributed by atoms with E-state index in [9.17, 15) is 18.8 Å². The molecule has 0 spiro atoms. The molecule has 126 valence electrons. The van der Waals surface area contributed by atoms with E-state index in [1.165, 1.54) is 24.3 Å². The van der Waals surface area contributed by atoms with Crippen LogP contribution in [0.4, 0.5) is 4.39 Å². The number of hydrogen-bond acceptors (Lipinski definition) is 3. The molecule has 1 heterocycles. The molecular formula is C18H19FN2O3. The second-order valence-electron chi connectivity index (χ2n) is 7.01. The van der Waals surface area contributed by atoms with Gasteiger partial charge in [-0.05, 0) is 55.2 Å². The number of fused-ring (bicyclic) bond motifs is 2. The Morgan fingerprint density at radius 1 is 1.00 bits per heavy atom. The SMILES string of the molecule is O=C(NN1C(=O)[C@@H]2C3CCC(CC3)[C@@H]2C1=O)c1ccc(CF)cc1. The first-order chi connectivity index (χ1) is 11.6. The van der Waals surface area contributed by atoms with Crippen LogP contribution in [0.15, 0.2) is 24.3 Å². The Balaban J connectivity index is 1.53. The average Bonchev–Trinajstić information content (AvgIpc) is 2.90. The van der Waals surface area contributed by atoms with Crippen LogP contribution in [0.5, 0.6) is 0 Å². The summed E-state index contributed by atoms with van der Waals surface area (Å²) >= 11 is 0. The first kappa shape index (κ1) is 15.3. The summed E-state index contributed by atoms with van der Waals surface area (Å²) in [6.07, 6.45) is 3.99. The van der Waals surface area contributed by atoms with Crippen LogP contribution in [0.2, 0.25) is 0 Å². The third-order valence-corrected chi connectivity index (χ3v) is 5.81. The second kappa shape index (κ2) is 5.69. The molecule has 0 radical (unpaired) electrons. The molecular weight excluding hydrogens is 311 g/mol. The standard InChI is InChI=1S/C18H19FN2O3/c19-9-10-1-3-13(4-2-10)16(22)20-21-17(23)14-11-5-6-12(8-7-11)15(14)18(21)24/h1-4,11-12,14-15H,5-9H2,(H,20,22)/t11?,12?,14-,15+. The van der Waals surface area contributed by atoms with Gasteiger partial charge in [-0.25, -0.2) is 4.39 Å². The zero-order chi connectivity index (χ0) is 16.8. The Bertz CT molecular complexity index is 665. The van der Waals surface area contributed by atoms with E-state index < -0.39 is 12.6 Å². The third kappa shape index (κ3) is 2.24. The highest BCUT2D eigenvalue weighted by Gasteiger charge is 2.58. The molecule has 5 rings (SSSR count). The van der Waals surface area contributed by atoms with Crippen molar-refractivity contribution in [2.75, 3.05) is 0 Å². The number of hydrazine groups is 1. The Kier molecular flexibility index (Phi) is 3.62. The summed E-state index contributed by atoms with van der Waals surface area (Å²) in [5, 5.41) is 0.928. The number of carbonyl (C=O) groups is 3. The predicted molar refractivity (Wildman–Crippen MR) is 83.0 cm³/mol. The fraction of sp³-hybridized carbons (Fsp3) is 0.500. The maximum Gasteiger partial charge on any atom is 0.270 e. The van der Waals surface area contributed by atoms with Crippen molar-refractivity contribution in [3.05, 3.63) is 35.4 Å². The van der Waals surface area contributed by atoms with Crippen molar-refractivity contribution in [3.8, 4) is 0 Å². The van der Waals surface area contributed by atoms with E-state index >= 15 is 0 Å². The molecule has 4 aliphatic rings. The minimum atomic E-state index is -0.600. The molecule has 1 saturated heterocycles. The van der Waals surface area contributed by atoms with Crippen LogP contribution in [0.3, 0.4) is 0 Å². The number of benzene rings is 1. The van der Waals surface area contributed by atoms with Gasteiger partial charge in [-0.1, -0.05) is 12.1 Å². The van der Waals surface area contributed by atoms with Crippen LogP contribution in [-0.2, 0) is 16.3 Å². The Morgan fingerprint density at radius 3 is 1.96 bits per heavy atom. The van der Waals surface area contributed by atoms with E-state index in [1.807, 2.05) is 0 Å². The van der Waals surface area contributed by atoms with Crippen molar-refractivity contribution in [3.63, 3.8) is 0 Å². The fourth-order valence-corrected chi connectivity index (χ4v) is 4.59. The van der Waals surface area contributed by atoms with Gasteiger partial charge < -0.3 is 0 Å². The summed E-state index contributed by atoms with van der Waals surface area (Å²) in [6, 6.07) is 6.02. The number of hydrogen-bond donors (Lipinski definition) is 1. The normalized spacial score (nSPS) is 31.3. The van der Waals surface area contributed by atoms with Crippen LogP contribution in [-0.4, -0.2) is 22.7 Å². The van der Waals surface area contributed by atoms with Gasteiger partial charge in [0.2, 0.25) is 0 Å². The monoisotopic (exact) mass is 330 g/mol. The van der Waals surface area contributed by atoms with E-state index in [2.05, 4.69) is 5.43 Å². The van der Waals surface area contributed by atoms with Gasteiger partial charge in [-0.3, -0.25) is 19.8 Å². The number of imide groups is 1. The van der Waals surface area contributed by atoms with Gasteiger partial charge in [-0.15, -0.1) is 0 Å². The van der Waals surface area contributed by atoms with Crippen LogP contribution >= 0.6 is 0 Å². The highest BCUT2D eigenvalue weighted by molar-refractivity contribution is 6.08. The van der Waals surface area contributed by atoms with Crippen LogP contribution < -0.4 is 5.43 Å². The molecule has 2 bridgehead atoms.